The summed E-state index contributed by atoms with van der Waals surface area (Å²) in [5.41, 5.74) is 0.820. The van der Waals surface area contributed by atoms with E-state index in [2.05, 4.69) is 24.6 Å². The topological polar surface area (TPSA) is 36.3 Å². The number of alkyl halides is 3. The Bertz CT molecular complexity index is 1050. The zero-order valence-corrected chi connectivity index (χ0v) is 19.1. The van der Waals surface area contributed by atoms with Crippen molar-refractivity contribution < 1.29 is 22.6 Å². The highest BCUT2D eigenvalue weighted by Gasteiger charge is 2.35. The highest BCUT2D eigenvalue weighted by atomic mass is 35.5. The van der Waals surface area contributed by atoms with E-state index in [1.54, 1.807) is 23.8 Å². The van der Waals surface area contributed by atoms with Gasteiger partial charge in [-0.05, 0) is 24.2 Å². The lowest BCUT2D eigenvalue weighted by Crippen LogP contribution is -2.22. The van der Waals surface area contributed by atoms with Gasteiger partial charge in [-0.1, -0.05) is 43.4 Å². The van der Waals surface area contributed by atoms with Crippen LogP contribution in [-0.4, -0.2) is 31.3 Å². The summed E-state index contributed by atoms with van der Waals surface area (Å²) >= 11 is 6.15. The molecule has 0 aliphatic heterocycles. The number of halogens is 4. The summed E-state index contributed by atoms with van der Waals surface area (Å²) in [6.07, 6.45) is -3.80. The molecule has 0 aliphatic carbocycles. The molecular weight excluding hydrogens is 433 g/mol. The summed E-state index contributed by atoms with van der Waals surface area (Å²) in [4.78, 5) is 4.08. The second kappa shape index (κ2) is 8.61. The van der Waals surface area contributed by atoms with Gasteiger partial charge in [0.25, 0.3) is 0 Å². The van der Waals surface area contributed by atoms with Gasteiger partial charge < -0.3 is 14.0 Å². The molecule has 0 spiro atoms. The summed E-state index contributed by atoms with van der Waals surface area (Å²) in [6.45, 7) is 7.49. The first-order valence-electron chi connectivity index (χ1n) is 9.48. The lowest BCUT2D eigenvalue weighted by atomic mass is 10.1. The predicted molar refractivity (Wildman–Crippen MR) is 116 cm³/mol. The molecule has 9 heteroatoms. The van der Waals surface area contributed by atoms with Crippen molar-refractivity contribution in [2.24, 2.45) is 0 Å². The summed E-state index contributed by atoms with van der Waals surface area (Å²) in [6, 6.07) is 9.88. The number of benzene rings is 1. The summed E-state index contributed by atoms with van der Waals surface area (Å²) in [5.74, 6) is 0.638. The van der Waals surface area contributed by atoms with Gasteiger partial charge in [-0.2, -0.15) is 13.2 Å². The fourth-order valence-corrected chi connectivity index (χ4v) is 4.10. The van der Waals surface area contributed by atoms with Crippen molar-refractivity contribution in [3.8, 4) is 17.0 Å². The molecule has 1 aromatic carbocycles. The standard InChI is InChI=1S/C21H24ClF3N2O2Si/c1-28-15-7-5-6-14(10-15)18-11-16-19(22)17(21(23,24)25)12-26-20(16)27(18)13-29-8-9-30(2,3)4/h5-7,10-12H,8-9,13H2,1-4H3. The molecule has 0 unspecified atom stereocenters. The van der Waals surface area contributed by atoms with Crippen LogP contribution in [0.15, 0.2) is 36.5 Å². The summed E-state index contributed by atoms with van der Waals surface area (Å²) in [5, 5.41) is -0.129. The van der Waals surface area contributed by atoms with Crippen LogP contribution >= 0.6 is 11.6 Å². The van der Waals surface area contributed by atoms with Gasteiger partial charge in [0.15, 0.2) is 0 Å². The molecule has 0 N–H and O–H groups in total. The van der Waals surface area contributed by atoms with Gasteiger partial charge in [0.05, 0.1) is 23.4 Å². The van der Waals surface area contributed by atoms with E-state index >= 15 is 0 Å². The van der Waals surface area contributed by atoms with Crippen molar-refractivity contribution >= 4 is 30.7 Å². The molecule has 2 aromatic heterocycles. The third kappa shape index (κ3) is 4.99. The van der Waals surface area contributed by atoms with Crippen LogP contribution in [0.5, 0.6) is 5.75 Å². The van der Waals surface area contributed by atoms with E-state index in [4.69, 9.17) is 21.1 Å². The molecule has 0 radical (unpaired) electrons. The molecule has 3 aromatic rings. The third-order valence-electron chi connectivity index (χ3n) is 4.74. The van der Waals surface area contributed by atoms with Crippen LogP contribution in [0.25, 0.3) is 22.3 Å². The van der Waals surface area contributed by atoms with Gasteiger partial charge in [-0.25, -0.2) is 4.98 Å². The van der Waals surface area contributed by atoms with Gasteiger partial charge in [0, 0.05) is 31.8 Å². The number of nitrogens with zero attached hydrogens (tertiary/aromatic N) is 2. The van der Waals surface area contributed by atoms with E-state index in [-0.39, 0.29) is 17.1 Å². The Balaban J connectivity index is 2.08. The second-order valence-corrected chi connectivity index (χ2v) is 14.3. The Hall–Kier alpha value is -2.03. The lowest BCUT2D eigenvalue weighted by Gasteiger charge is -2.17. The zero-order valence-electron chi connectivity index (χ0n) is 17.3. The Morgan fingerprint density at radius 1 is 1.17 bits per heavy atom. The number of ether oxygens (including phenoxy) is 2. The number of fused-ring (bicyclic) bond motifs is 1. The minimum atomic E-state index is -4.58. The quantitative estimate of drug-likeness (QED) is 0.293. The van der Waals surface area contributed by atoms with Crippen LogP contribution in [0, 0.1) is 0 Å². The van der Waals surface area contributed by atoms with Crippen LogP contribution in [0.1, 0.15) is 5.56 Å². The maximum Gasteiger partial charge on any atom is 0.419 e. The molecule has 30 heavy (non-hydrogen) atoms. The molecule has 0 saturated carbocycles. The fraction of sp³-hybridized carbons (Fsp3) is 0.381. The van der Waals surface area contributed by atoms with Crippen molar-refractivity contribution in [2.75, 3.05) is 13.7 Å². The van der Waals surface area contributed by atoms with Crippen molar-refractivity contribution in [3.05, 3.63) is 47.1 Å². The van der Waals surface area contributed by atoms with E-state index in [0.717, 1.165) is 17.8 Å². The number of methoxy groups -OCH3 is 1. The van der Waals surface area contributed by atoms with Gasteiger partial charge in [-0.15, -0.1) is 0 Å². The maximum absolute atomic E-state index is 13.3. The molecule has 162 valence electrons. The van der Waals surface area contributed by atoms with E-state index in [0.29, 0.717) is 23.7 Å². The van der Waals surface area contributed by atoms with Crippen LogP contribution in [0.4, 0.5) is 13.2 Å². The normalized spacial score (nSPS) is 12.5. The van der Waals surface area contributed by atoms with Crippen molar-refractivity contribution in [2.45, 2.75) is 38.6 Å². The van der Waals surface area contributed by atoms with E-state index in [1.165, 1.54) is 0 Å². The molecule has 0 atom stereocenters. The van der Waals surface area contributed by atoms with E-state index < -0.39 is 19.8 Å². The van der Waals surface area contributed by atoms with Gasteiger partial charge >= 0.3 is 6.18 Å². The Morgan fingerprint density at radius 3 is 2.53 bits per heavy atom. The molecular formula is C21H24ClF3N2O2Si. The SMILES string of the molecule is COc1cccc(-c2cc3c(Cl)c(C(F)(F)F)cnc3n2COCC[Si](C)(C)C)c1. The van der Waals surface area contributed by atoms with E-state index in [1.807, 2.05) is 18.2 Å². The molecule has 2 heterocycles. The Labute approximate surface area is 179 Å². The van der Waals surface area contributed by atoms with Crippen LogP contribution in [-0.2, 0) is 17.6 Å². The average Bonchev–Trinajstić information content (AvgIpc) is 3.03. The average molecular weight is 457 g/mol. The van der Waals surface area contributed by atoms with Gasteiger partial charge in [0.2, 0.25) is 0 Å². The smallest absolute Gasteiger partial charge is 0.419 e. The molecule has 0 aliphatic rings. The number of rotatable bonds is 7. The minimum absolute atomic E-state index is 0.162. The predicted octanol–water partition coefficient (Wildman–Crippen LogP) is 6.70. The van der Waals surface area contributed by atoms with Crippen LogP contribution in [0.3, 0.4) is 0 Å². The third-order valence-corrected chi connectivity index (χ3v) is 6.86. The molecule has 0 saturated heterocycles. The fourth-order valence-electron chi connectivity index (χ4n) is 3.05. The minimum Gasteiger partial charge on any atom is -0.497 e. The van der Waals surface area contributed by atoms with Crippen LogP contribution in [0.2, 0.25) is 30.7 Å². The van der Waals surface area contributed by atoms with Gasteiger partial charge in [-0.3, -0.25) is 0 Å². The monoisotopic (exact) mass is 456 g/mol. The van der Waals surface area contributed by atoms with Crippen molar-refractivity contribution in [1.82, 2.24) is 9.55 Å². The van der Waals surface area contributed by atoms with Gasteiger partial charge in [0.1, 0.15) is 18.1 Å². The molecule has 0 amide bonds. The highest BCUT2D eigenvalue weighted by molar-refractivity contribution is 6.76. The number of aromatic nitrogens is 2. The lowest BCUT2D eigenvalue weighted by molar-refractivity contribution is -0.137. The highest BCUT2D eigenvalue weighted by Crippen LogP contribution is 2.40. The molecule has 3 rings (SSSR count). The van der Waals surface area contributed by atoms with Crippen molar-refractivity contribution in [3.63, 3.8) is 0 Å². The summed E-state index contributed by atoms with van der Waals surface area (Å²) in [7, 11) is 0.285. The number of pyridine rings is 1. The van der Waals surface area contributed by atoms with Crippen LogP contribution < -0.4 is 4.74 Å². The Kier molecular flexibility index (Phi) is 6.50. The Morgan fingerprint density at radius 2 is 1.90 bits per heavy atom. The number of hydrogen-bond donors (Lipinski definition) is 0. The summed E-state index contributed by atoms with van der Waals surface area (Å²) < 4.78 is 52.8. The zero-order chi connectivity index (χ0) is 22.1. The van der Waals surface area contributed by atoms with E-state index in [9.17, 15) is 13.2 Å². The first-order valence-corrected chi connectivity index (χ1v) is 13.6. The molecule has 0 fully saturated rings. The first-order chi connectivity index (χ1) is 14.0. The first kappa shape index (κ1) is 22.6. The molecule has 0 bridgehead atoms. The largest absolute Gasteiger partial charge is 0.497 e. The maximum atomic E-state index is 13.3. The second-order valence-electron chi connectivity index (χ2n) is 8.26. The number of hydrogen-bond acceptors (Lipinski definition) is 3. The van der Waals surface area contributed by atoms with Crippen molar-refractivity contribution in [1.29, 1.82) is 0 Å². The molecule has 4 nitrogen and oxygen atoms in total.